The Hall–Kier alpha value is -2.54. The third kappa shape index (κ3) is 4.35. The summed E-state index contributed by atoms with van der Waals surface area (Å²) in [5, 5.41) is 0. The summed E-state index contributed by atoms with van der Waals surface area (Å²) < 4.78 is 38.5. The number of halogens is 3. The SMILES string of the molecule is Nc1cccc(CN2CCN(C(=O)c3cccc(C(F)(F)F)c3)CC2)c1. The summed E-state index contributed by atoms with van der Waals surface area (Å²) in [6.45, 7) is 3.03. The molecule has 1 fully saturated rings. The van der Waals surface area contributed by atoms with E-state index in [0.717, 1.165) is 24.2 Å². The second-order valence-electron chi connectivity index (χ2n) is 6.39. The summed E-state index contributed by atoms with van der Waals surface area (Å²) in [5.74, 6) is -0.361. The van der Waals surface area contributed by atoms with Crippen LogP contribution in [0.1, 0.15) is 21.5 Å². The quantitative estimate of drug-likeness (QED) is 0.852. The lowest BCUT2D eigenvalue weighted by molar-refractivity contribution is -0.137. The Morgan fingerprint density at radius 3 is 2.35 bits per heavy atom. The first-order valence-electron chi connectivity index (χ1n) is 8.36. The van der Waals surface area contributed by atoms with Crippen LogP contribution in [0.4, 0.5) is 18.9 Å². The zero-order valence-electron chi connectivity index (χ0n) is 14.2. The fourth-order valence-corrected chi connectivity index (χ4v) is 3.07. The lowest BCUT2D eigenvalue weighted by Crippen LogP contribution is -2.48. The Balaban J connectivity index is 1.60. The molecule has 138 valence electrons. The van der Waals surface area contributed by atoms with Gasteiger partial charge in [0.1, 0.15) is 0 Å². The Kier molecular flexibility index (Phi) is 5.18. The van der Waals surface area contributed by atoms with E-state index in [1.165, 1.54) is 12.1 Å². The first-order valence-corrected chi connectivity index (χ1v) is 8.36. The molecule has 0 atom stereocenters. The number of nitrogens with two attached hydrogens (primary N) is 1. The van der Waals surface area contributed by atoms with Gasteiger partial charge in [0.25, 0.3) is 5.91 Å². The molecule has 1 heterocycles. The Morgan fingerprint density at radius 2 is 1.69 bits per heavy atom. The highest BCUT2D eigenvalue weighted by molar-refractivity contribution is 5.94. The highest BCUT2D eigenvalue weighted by atomic mass is 19.4. The van der Waals surface area contributed by atoms with Crippen LogP contribution in [0.15, 0.2) is 48.5 Å². The van der Waals surface area contributed by atoms with Crippen molar-refractivity contribution in [3.8, 4) is 0 Å². The van der Waals surface area contributed by atoms with Crippen LogP contribution < -0.4 is 5.73 Å². The first kappa shape index (κ1) is 18.3. The van der Waals surface area contributed by atoms with E-state index in [1.807, 2.05) is 24.3 Å². The predicted octanol–water partition coefficient (Wildman–Crippen LogP) is 3.25. The van der Waals surface area contributed by atoms with Crippen LogP contribution in [-0.4, -0.2) is 41.9 Å². The zero-order chi connectivity index (χ0) is 18.7. The van der Waals surface area contributed by atoms with E-state index >= 15 is 0 Å². The molecular formula is C19H20F3N3O. The highest BCUT2D eigenvalue weighted by Gasteiger charge is 2.31. The number of amides is 1. The minimum Gasteiger partial charge on any atom is -0.399 e. The van der Waals surface area contributed by atoms with E-state index in [2.05, 4.69) is 4.90 Å². The van der Waals surface area contributed by atoms with Gasteiger partial charge in [0.2, 0.25) is 0 Å². The standard InChI is InChI=1S/C19H20F3N3O/c20-19(21,22)16-5-2-4-15(12-16)18(26)25-9-7-24(8-10-25)13-14-3-1-6-17(23)11-14/h1-6,11-12H,7-10,13,23H2. The highest BCUT2D eigenvalue weighted by Crippen LogP contribution is 2.29. The average molecular weight is 363 g/mol. The smallest absolute Gasteiger partial charge is 0.399 e. The van der Waals surface area contributed by atoms with Gasteiger partial charge >= 0.3 is 6.18 Å². The van der Waals surface area contributed by atoms with Crippen LogP contribution in [0.5, 0.6) is 0 Å². The molecule has 7 heteroatoms. The largest absolute Gasteiger partial charge is 0.416 e. The van der Waals surface area contributed by atoms with Crippen LogP contribution in [0.2, 0.25) is 0 Å². The van der Waals surface area contributed by atoms with Crippen molar-refractivity contribution in [1.29, 1.82) is 0 Å². The molecule has 0 saturated carbocycles. The third-order valence-electron chi connectivity index (χ3n) is 4.45. The summed E-state index contributed by atoms with van der Waals surface area (Å²) in [6, 6.07) is 12.2. The fourth-order valence-electron chi connectivity index (χ4n) is 3.07. The van der Waals surface area contributed by atoms with Crippen molar-refractivity contribution in [2.24, 2.45) is 0 Å². The summed E-state index contributed by atoms with van der Waals surface area (Å²) in [7, 11) is 0. The van der Waals surface area contributed by atoms with Gasteiger partial charge in [-0.15, -0.1) is 0 Å². The molecule has 1 saturated heterocycles. The van der Waals surface area contributed by atoms with Crippen molar-refractivity contribution in [3.63, 3.8) is 0 Å². The third-order valence-corrected chi connectivity index (χ3v) is 4.45. The van der Waals surface area contributed by atoms with E-state index < -0.39 is 11.7 Å². The summed E-state index contributed by atoms with van der Waals surface area (Å²) in [4.78, 5) is 16.3. The maximum absolute atomic E-state index is 12.8. The number of nitrogens with zero attached hydrogens (tertiary/aromatic N) is 2. The monoisotopic (exact) mass is 363 g/mol. The van der Waals surface area contributed by atoms with E-state index in [0.29, 0.717) is 31.9 Å². The van der Waals surface area contributed by atoms with Gasteiger partial charge in [-0.2, -0.15) is 13.2 Å². The predicted molar refractivity (Wildman–Crippen MR) is 93.5 cm³/mol. The molecule has 0 aromatic heterocycles. The van der Waals surface area contributed by atoms with Crippen molar-refractivity contribution in [1.82, 2.24) is 9.80 Å². The molecule has 0 aliphatic carbocycles. The fraction of sp³-hybridized carbons (Fsp3) is 0.316. The minimum absolute atomic E-state index is 0.0732. The molecule has 26 heavy (non-hydrogen) atoms. The van der Waals surface area contributed by atoms with Crippen LogP contribution in [0.3, 0.4) is 0 Å². The first-order chi connectivity index (χ1) is 12.3. The van der Waals surface area contributed by atoms with Gasteiger partial charge in [0.15, 0.2) is 0 Å². The number of rotatable bonds is 3. The Morgan fingerprint density at radius 1 is 1.00 bits per heavy atom. The summed E-state index contributed by atoms with van der Waals surface area (Å²) in [5.41, 5.74) is 6.86. The number of anilines is 1. The van der Waals surface area contributed by atoms with Crippen molar-refractivity contribution in [3.05, 3.63) is 65.2 Å². The molecule has 0 bridgehead atoms. The van der Waals surface area contributed by atoms with Crippen molar-refractivity contribution in [2.75, 3.05) is 31.9 Å². The second-order valence-corrected chi connectivity index (χ2v) is 6.39. The molecular weight excluding hydrogens is 343 g/mol. The molecule has 0 spiro atoms. The average Bonchev–Trinajstić information content (AvgIpc) is 2.61. The zero-order valence-corrected chi connectivity index (χ0v) is 14.2. The van der Waals surface area contributed by atoms with Crippen LogP contribution >= 0.6 is 0 Å². The van der Waals surface area contributed by atoms with Gasteiger partial charge in [0.05, 0.1) is 5.56 Å². The van der Waals surface area contributed by atoms with Gasteiger partial charge in [-0.1, -0.05) is 18.2 Å². The molecule has 2 aromatic carbocycles. The summed E-state index contributed by atoms with van der Waals surface area (Å²) in [6.07, 6.45) is -4.45. The number of hydrogen-bond donors (Lipinski definition) is 1. The molecule has 1 aliphatic rings. The van der Waals surface area contributed by atoms with Crippen molar-refractivity contribution >= 4 is 11.6 Å². The second kappa shape index (κ2) is 7.37. The lowest BCUT2D eigenvalue weighted by atomic mass is 10.1. The Labute approximate surface area is 150 Å². The molecule has 3 rings (SSSR count). The van der Waals surface area contributed by atoms with Crippen LogP contribution in [0.25, 0.3) is 0 Å². The number of alkyl halides is 3. The number of piperazine rings is 1. The summed E-state index contributed by atoms with van der Waals surface area (Å²) >= 11 is 0. The maximum atomic E-state index is 12.8. The van der Waals surface area contributed by atoms with Gasteiger partial charge in [-0.3, -0.25) is 9.69 Å². The molecule has 4 nitrogen and oxygen atoms in total. The number of nitrogen functional groups attached to an aromatic ring is 1. The van der Waals surface area contributed by atoms with Crippen molar-refractivity contribution in [2.45, 2.75) is 12.7 Å². The molecule has 1 aliphatic heterocycles. The van der Waals surface area contributed by atoms with Crippen molar-refractivity contribution < 1.29 is 18.0 Å². The van der Waals surface area contributed by atoms with E-state index in [-0.39, 0.29) is 11.5 Å². The molecule has 0 radical (unpaired) electrons. The number of hydrogen-bond acceptors (Lipinski definition) is 3. The number of carbonyl (C=O) groups is 1. The normalized spacial score (nSPS) is 15.9. The number of carbonyl (C=O) groups excluding carboxylic acids is 1. The van der Waals surface area contributed by atoms with E-state index in [1.54, 1.807) is 4.90 Å². The van der Waals surface area contributed by atoms with E-state index in [4.69, 9.17) is 5.73 Å². The Bertz CT molecular complexity index is 784. The molecule has 0 unspecified atom stereocenters. The molecule has 1 amide bonds. The molecule has 2 N–H and O–H groups in total. The van der Waals surface area contributed by atoms with Crippen LogP contribution in [0, 0.1) is 0 Å². The topological polar surface area (TPSA) is 49.6 Å². The van der Waals surface area contributed by atoms with Crippen LogP contribution in [-0.2, 0) is 12.7 Å². The molecule has 2 aromatic rings. The van der Waals surface area contributed by atoms with Gasteiger partial charge < -0.3 is 10.6 Å². The van der Waals surface area contributed by atoms with Gasteiger partial charge in [0, 0.05) is 44.0 Å². The van der Waals surface area contributed by atoms with Gasteiger partial charge in [-0.25, -0.2) is 0 Å². The van der Waals surface area contributed by atoms with E-state index in [9.17, 15) is 18.0 Å². The maximum Gasteiger partial charge on any atom is 0.416 e. The minimum atomic E-state index is -4.45. The lowest BCUT2D eigenvalue weighted by Gasteiger charge is -2.35. The number of benzene rings is 2. The van der Waals surface area contributed by atoms with Gasteiger partial charge in [-0.05, 0) is 35.9 Å².